The Morgan fingerprint density at radius 3 is 2.17 bits per heavy atom. The molecule has 1 N–H and O–H groups in total. The highest BCUT2D eigenvalue weighted by Gasteiger charge is 2.45. The summed E-state index contributed by atoms with van der Waals surface area (Å²) in [4.78, 5) is 15.5. The third-order valence-corrected chi connectivity index (χ3v) is 7.89. The largest absolute Gasteiger partial charge is 0.417 e. The van der Waals surface area contributed by atoms with Crippen LogP contribution in [0.1, 0.15) is 53.2 Å². The number of nitrogens with one attached hydrogen (secondary N) is 1. The van der Waals surface area contributed by atoms with Crippen molar-refractivity contribution in [1.29, 1.82) is 0 Å². The molecule has 4 rings (SSSR count). The number of benzene rings is 3. The zero-order valence-corrected chi connectivity index (χ0v) is 21.5. The molecule has 0 radical (unpaired) electrons. The van der Waals surface area contributed by atoms with Crippen LogP contribution in [0.5, 0.6) is 0 Å². The number of carbonyl (C=O) groups excluding carboxylic acids is 1. The summed E-state index contributed by atoms with van der Waals surface area (Å²) < 4.78 is 40.2. The number of amides is 1. The van der Waals surface area contributed by atoms with Crippen molar-refractivity contribution < 1.29 is 18.0 Å². The minimum Gasteiger partial charge on any atom is -0.343 e. The van der Waals surface area contributed by atoms with Crippen molar-refractivity contribution in [2.24, 2.45) is 0 Å². The van der Waals surface area contributed by atoms with Crippen LogP contribution in [0.3, 0.4) is 0 Å². The van der Waals surface area contributed by atoms with Gasteiger partial charge in [0.25, 0.3) is 5.91 Å². The number of hydrogen-bond acceptors (Lipinski definition) is 2. The maximum absolute atomic E-state index is 13.4. The molecular formula is C28H27Cl2F3N2O. The smallest absolute Gasteiger partial charge is 0.343 e. The average molecular weight is 535 g/mol. The fourth-order valence-electron chi connectivity index (χ4n) is 5.19. The van der Waals surface area contributed by atoms with Gasteiger partial charge in [-0.05, 0) is 56.3 Å². The van der Waals surface area contributed by atoms with E-state index < -0.39 is 34.3 Å². The first-order valence-corrected chi connectivity index (χ1v) is 12.5. The van der Waals surface area contributed by atoms with Gasteiger partial charge in [-0.15, -0.1) is 0 Å². The van der Waals surface area contributed by atoms with Gasteiger partial charge in [0, 0.05) is 16.1 Å². The number of likely N-dealkylation sites (N-methyl/N-ethyl adjacent to an activating group) is 1. The molecule has 1 unspecified atom stereocenters. The minimum absolute atomic E-state index is 0.198. The maximum Gasteiger partial charge on any atom is 0.417 e. The van der Waals surface area contributed by atoms with Crippen molar-refractivity contribution in [2.45, 2.75) is 43.4 Å². The van der Waals surface area contributed by atoms with Crippen molar-refractivity contribution in [3.8, 4) is 11.1 Å². The van der Waals surface area contributed by atoms with Gasteiger partial charge in [0.1, 0.15) is 0 Å². The van der Waals surface area contributed by atoms with Gasteiger partial charge < -0.3 is 10.2 Å². The predicted octanol–water partition coefficient (Wildman–Crippen LogP) is 8.02. The van der Waals surface area contributed by atoms with E-state index in [2.05, 4.69) is 10.2 Å². The topological polar surface area (TPSA) is 32.3 Å². The van der Waals surface area contributed by atoms with E-state index in [9.17, 15) is 18.0 Å². The van der Waals surface area contributed by atoms with Gasteiger partial charge >= 0.3 is 6.18 Å². The highest BCUT2D eigenvalue weighted by molar-refractivity contribution is 6.34. The van der Waals surface area contributed by atoms with Crippen LogP contribution in [-0.4, -0.2) is 30.4 Å². The van der Waals surface area contributed by atoms with Crippen molar-refractivity contribution >= 4 is 29.1 Å². The van der Waals surface area contributed by atoms with E-state index in [1.807, 2.05) is 62.6 Å². The summed E-state index contributed by atoms with van der Waals surface area (Å²) in [7, 11) is 3.94. The maximum atomic E-state index is 13.4. The van der Waals surface area contributed by atoms with Gasteiger partial charge in [0.15, 0.2) is 0 Å². The van der Waals surface area contributed by atoms with Crippen molar-refractivity contribution in [2.75, 3.05) is 14.1 Å². The van der Waals surface area contributed by atoms with Crippen LogP contribution in [0.25, 0.3) is 11.1 Å². The highest BCUT2D eigenvalue weighted by atomic mass is 35.5. The molecule has 1 aliphatic carbocycles. The van der Waals surface area contributed by atoms with Gasteiger partial charge in [-0.1, -0.05) is 84.6 Å². The molecule has 3 aromatic carbocycles. The summed E-state index contributed by atoms with van der Waals surface area (Å²) in [6.07, 6.45) is -0.988. The van der Waals surface area contributed by atoms with Crippen LogP contribution in [-0.2, 0) is 6.18 Å². The number of halogens is 5. The van der Waals surface area contributed by atoms with Crippen LogP contribution in [0.4, 0.5) is 13.2 Å². The molecule has 1 atom stereocenters. The van der Waals surface area contributed by atoms with E-state index in [1.54, 1.807) is 0 Å². The lowest BCUT2D eigenvalue weighted by atomic mass is 9.81. The molecule has 0 bridgehead atoms. The normalized spacial score (nSPS) is 16.2. The van der Waals surface area contributed by atoms with Gasteiger partial charge in [-0.2, -0.15) is 13.2 Å². The third kappa shape index (κ3) is 5.13. The lowest BCUT2D eigenvalue weighted by Crippen LogP contribution is -2.53. The summed E-state index contributed by atoms with van der Waals surface area (Å²) >= 11 is 12.4. The molecule has 1 aliphatic rings. The summed E-state index contributed by atoms with van der Waals surface area (Å²) in [5, 5.41) is 3.08. The molecule has 3 aromatic rings. The Morgan fingerprint density at radius 2 is 1.58 bits per heavy atom. The molecule has 1 fully saturated rings. The van der Waals surface area contributed by atoms with E-state index in [4.69, 9.17) is 23.2 Å². The van der Waals surface area contributed by atoms with Crippen LogP contribution in [0.15, 0.2) is 66.7 Å². The van der Waals surface area contributed by atoms with E-state index in [-0.39, 0.29) is 5.56 Å². The number of rotatable bonds is 6. The van der Waals surface area contributed by atoms with E-state index in [0.717, 1.165) is 48.4 Å². The van der Waals surface area contributed by atoms with Gasteiger partial charge in [-0.3, -0.25) is 4.79 Å². The molecule has 0 aliphatic heterocycles. The van der Waals surface area contributed by atoms with E-state index in [1.165, 1.54) is 12.1 Å². The number of nitrogens with zero attached hydrogens (tertiary/aromatic N) is 1. The monoisotopic (exact) mass is 534 g/mol. The summed E-state index contributed by atoms with van der Waals surface area (Å²) in [5.74, 6) is -0.639. The first kappa shape index (κ1) is 26.5. The number of hydrogen-bond donors (Lipinski definition) is 1. The molecule has 0 saturated heterocycles. The molecule has 0 aromatic heterocycles. The summed E-state index contributed by atoms with van der Waals surface area (Å²) in [5.41, 5.74) is 1.07. The quantitative estimate of drug-likeness (QED) is 0.347. The van der Waals surface area contributed by atoms with Crippen LogP contribution in [0.2, 0.25) is 10.0 Å². The second kappa shape index (κ2) is 10.4. The molecule has 3 nitrogen and oxygen atoms in total. The molecule has 0 heterocycles. The Balaban J connectivity index is 1.73. The third-order valence-electron chi connectivity index (χ3n) is 7.15. The Labute approximate surface area is 219 Å². The standard InChI is InChI=1S/C28H27Cl2F3N2O/c1-35(2)27(16-5-6-17-27)25(19-14-12-18(13-15-19)20-8-3-4-11-23(20)29)34-26(36)21-9-7-10-22(24(21)30)28(31,32)33/h3-4,7-15,25H,5-6,16-17H2,1-2H3,(H,34,36). The van der Waals surface area contributed by atoms with E-state index >= 15 is 0 Å². The van der Waals surface area contributed by atoms with Gasteiger partial charge in [0.2, 0.25) is 0 Å². The molecule has 1 amide bonds. The number of carbonyl (C=O) groups is 1. The zero-order chi connectivity index (χ0) is 26.1. The fraction of sp³-hybridized carbons (Fsp3) is 0.321. The molecule has 1 saturated carbocycles. The predicted molar refractivity (Wildman–Crippen MR) is 138 cm³/mol. The van der Waals surface area contributed by atoms with Crippen LogP contribution >= 0.6 is 23.2 Å². The van der Waals surface area contributed by atoms with Crippen LogP contribution in [0, 0.1) is 0 Å². The Hall–Kier alpha value is -2.54. The van der Waals surface area contributed by atoms with Crippen molar-refractivity contribution in [3.05, 3.63) is 93.5 Å². The number of alkyl halides is 3. The van der Waals surface area contributed by atoms with Crippen LogP contribution < -0.4 is 5.32 Å². The second-order valence-electron chi connectivity index (χ2n) is 9.38. The first-order valence-electron chi connectivity index (χ1n) is 11.7. The molecule has 0 spiro atoms. The molecule has 36 heavy (non-hydrogen) atoms. The average Bonchev–Trinajstić information content (AvgIpc) is 3.34. The Morgan fingerprint density at radius 1 is 0.944 bits per heavy atom. The van der Waals surface area contributed by atoms with Crippen molar-refractivity contribution in [1.82, 2.24) is 10.2 Å². The Bertz CT molecular complexity index is 1240. The molecular weight excluding hydrogens is 508 g/mol. The summed E-state index contributed by atoms with van der Waals surface area (Å²) in [6.45, 7) is 0. The Kier molecular flexibility index (Phi) is 7.69. The fourth-order valence-corrected chi connectivity index (χ4v) is 5.76. The summed E-state index contributed by atoms with van der Waals surface area (Å²) in [6, 6.07) is 18.3. The highest BCUT2D eigenvalue weighted by Crippen LogP contribution is 2.44. The SMILES string of the molecule is CN(C)C1(C(NC(=O)c2cccc(C(F)(F)F)c2Cl)c2ccc(-c3ccccc3Cl)cc2)CCCC1. The lowest BCUT2D eigenvalue weighted by molar-refractivity contribution is -0.137. The minimum atomic E-state index is -4.66. The van der Waals surface area contributed by atoms with Gasteiger partial charge in [-0.25, -0.2) is 0 Å². The molecule has 8 heteroatoms. The van der Waals surface area contributed by atoms with E-state index in [0.29, 0.717) is 5.02 Å². The second-order valence-corrected chi connectivity index (χ2v) is 10.2. The molecule has 190 valence electrons. The van der Waals surface area contributed by atoms with Crippen molar-refractivity contribution in [3.63, 3.8) is 0 Å². The lowest BCUT2D eigenvalue weighted by Gasteiger charge is -2.44. The zero-order valence-electron chi connectivity index (χ0n) is 20.0. The first-order chi connectivity index (χ1) is 17.0. The van der Waals surface area contributed by atoms with Gasteiger partial charge in [0.05, 0.1) is 22.2 Å².